The van der Waals surface area contributed by atoms with E-state index in [-0.39, 0.29) is 30.2 Å². The van der Waals surface area contributed by atoms with Crippen molar-refractivity contribution in [2.45, 2.75) is 19.5 Å². The Morgan fingerprint density at radius 3 is 2.72 bits per heavy atom. The Morgan fingerprint density at radius 1 is 1.14 bits per heavy atom. The van der Waals surface area contributed by atoms with Crippen molar-refractivity contribution in [3.63, 3.8) is 0 Å². The molecule has 4 aromatic rings. The average Bonchev–Trinajstić information content (AvgIpc) is 3.34. The number of benzene rings is 1. The minimum Gasteiger partial charge on any atom is -0.332 e. The smallest absolute Gasteiger partial charge is 0.278 e. The van der Waals surface area contributed by atoms with Gasteiger partial charge in [0.2, 0.25) is 5.91 Å². The Bertz CT molecular complexity index is 1280. The highest BCUT2D eigenvalue weighted by atomic mass is 19.1. The molecule has 7 nitrogen and oxygen atoms in total. The van der Waals surface area contributed by atoms with Gasteiger partial charge in [0.15, 0.2) is 5.65 Å². The van der Waals surface area contributed by atoms with E-state index in [1.165, 1.54) is 16.6 Å². The molecule has 0 aliphatic carbocycles. The molecule has 8 heteroatoms. The Kier molecular flexibility index (Phi) is 3.97. The molecule has 0 saturated heterocycles. The second-order valence-corrected chi connectivity index (χ2v) is 6.96. The molecule has 0 fully saturated rings. The Labute approximate surface area is 164 Å². The van der Waals surface area contributed by atoms with Crippen molar-refractivity contribution in [1.29, 1.82) is 0 Å². The summed E-state index contributed by atoms with van der Waals surface area (Å²) in [5.74, 6) is -0.420. The molecule has 1 N–H and O–H groups in total. The van der Waals surface area contributed by atoms with E-state index >= 15 is 0 Å². The maximum Gasteiger partial charge on any atom is 0.278 e. The zero-order valence-corrected chi connectivity index (χ0v) is 15.3. The van der Waals surface area contributed by atoms with E-state index in [4.69, 9.17) is 0 Å². The summed E-state index contributed by atoms with van der Waals surface area (Å²) in [5, 5.41) is 3.02. The second-order valence-electron chi connectivity index (χ2n) is 6.96. The fraction of sp³-hybridized carbons (Fsp3) is 0.143. The number of pyridine rings is 1. The second kappa shape index (κ2) is 6.66. The first kappa shape index (κ1) is 17.3. The van der Waals surface area contributed by atoms with Gasteiger partial charge in [0.25, 0.3) is 5.56 Å². The fourth-order valence-corrected chi connectivity index (χ4v) is 3.55. The molecule has 29 heavy (non-hydrogen) atoms. The molecule has 0 radical (unpaired) electrons. The third-order valence-electron chi connectivity index (χ3n) is 5.05. The van der Waals surface area contributed by atoms with Crippen LogP contribution in [-0.4, -0.2) is 30.4 Å². The summed E-state index contributed by atoms with van der Waals surface area (Å²) in [7, 11) is 0. The molecule has 1 aliphatic heterocycles. The van der Waals surface area contributed by atoms with Gasteiger partial charge in [-0.2, -0.15) is 0 Å². The lowest BCUT2D eigenvalue weighted by Crippen LogP contribution is -2.28. The monoisotopic (exact) mass is 389 g/mol. The van der Waals surface area contributed by atoms with Crippen LogP contribution in [0.3, 0.4) is 0 Å². The highest BCUT2D eigenvalue weighted by Gasteiger charge is 2.28. The standard InChI is InChI=1S/C21H16FN5O2/c22-14-6-4-13(5-7-14)17-10-19-24-18-12-26(11-16(18)21(29)27(19)25-17)20(28)9-15-3-1-2-8-23-15/h1-8,10,25H,9,11-12H2. The summed E-state index contributed by atoms with van der Waals surface area (Å²) >= 11 is 0. The molecule has 0 atom stereocenters. The minimum atomic E-state index is -0.324. The van der Waals surface area contributed by atoms with Crippen LogP contribution in [0.4, 0.5) is 4.39 Å². The van der Waals surface area contributed by atoms with E-state index in [1.807, 2.05) is 6.07 Å². The number of carbonyl (C=O) groups is 1. The molecule has 1 aliphatic rings. The van der Waals surface area contributed by atoms with Gasteiger partial charge in [0.05, 0.1) is 36.5 Å². The van der Waals surface area contributed by atoms with Crippen LogP contribution in [0.15, 0.2) is 59.5 Å². The zero-order chi connectivity index (χ0) is 20.0. The predicted molar refractivity (Wildman–Crippen MR) is 103 cm³/mol. The first-order chi connectivity index (χ1) is 14.1. The number of H-pyrrole nitrogens is 1. The van der Waals surface area contributed by atoms with Gasteiger partial charge in [0, 0.05) is 18.0 Å². The summed E-state index contributed by atoms with van der Waals surface area (Å²) in [4.78, 5) is 35.9. The Balaban J connectivity index is 1.44. The molecule has 1 aromatic carbocycles. The van der Waals surface area contributed by atoms with Crippen molar-refractivity contribution in [2.24, 2.45) is 0 Å². The summed E-state index contributed by atoms with van der Waals surface area (Å²) in [6.07, 6.45) is 1.83. The largest absolute Gasteiger partial charge is 0.332 e. The zero-order valence-electron chi connectivity index (χ0n) is 15.3. The molecule has 5 rings (SSSR count). The Hall–Kier alpha value is -3.81. The number of hydrogen-bond donors (Lipinski definition) is 1. The van der Waals surface area contributed by atoms with Crippen molar-refractivity contribution in [3.8, 4) is 11.3 Å². The number of fused-ring (bicyclic) bond motifs is 2. The van der Waals surface area contributed by atoms with Crippen LogP contribution >= 0.6 is 0 Å². The summed E-state index contributed by atoms with van der Waals surface area (Å²) in [5.41, 5.74) is 3.45. The minimum absolute atomic E-state index is 0.0956. The molecule has 0 unspecified atom stereocenters. The van der Waals surface area contributed by atoms with Crippen molar-refractivity contribution in [3.05, 3.63) is 87.9 Å². The number of hydrogen-bond acceptors (Lipinski definition) is 4. The van der Waals surface area contributed by atoms with Gasteiger partial charge in [0.1, 0.15) is 5.82 Å². The maximum absolute atomic E-state index is 13.2. The van der Waals surface area contributed by atoms with Crippen molar-refractivity contribution < 1.29 is 9.18 Å². The van der Waals surface area contributed by atoms with Crippen LogP contribution in [0.25, 0.3) is 16.9 Å². The number of nitrogens with zero attached hydrogens (tertiary/aromatic N) is 4. The Morgan fingerprint density at radius 2 is 1.97 bits per heavy atom. The molecule has 1 amide bonds. The first-order valence-electron chi connectivity index (χ1n) is 9.15. The van der Waals surface area contributed by atoms with Crippen LogP contribution in [0.5, 0.6) is 0 Å². The number of amides is 1. The fourth-order valence-electron chi connectivity index (χ4n) is 3.55. The van der Waals surface area contributed by atoms with E-state index in [0.29, 0.717) is 34.8 Å². The van der Waals surface area contributed by atoms with E-state index in [9.17, 15) is 14.0 Å². The van der Waals surface area contributed by atoms with Gasteiger partial charge in [-0.1, -0.05) is 6.07 Å². The SMILES string of the molecule is O=C(Cc1ccccn1)N1Cc2nc3cc(-c4ccc(F)cc4)[nH]n3c(=O)c2C1. The predicted octanol–water partition coefficient (Wildman–Crippen LogP) is 2.31. The molecule has 0 saturated carbocycles. The summed E-state index contributed by atoms with van der Waals surface area (Å²) in [6, 6.07) is 13.2. The number of aromatic amines is 1. The topological polar surface area (TPSA) is 83.4 Å². The highest BCUT2D eigenvalue weighted by molar-refractivity contribution is 5.79. The molecular weight excluding hydrogens is 373 g/mol. The molecule has 4 heterocycles. The van der Waals surface area contributed by atoms with Crippen molar-refractivity contribution in [1.82, 2.24) is 24.5 Å². The van der Waals surface area contributed by atoms with Gasteiger partial charge < -0.3 is 4.90 Å². The first-order valence-corrected chi connectivity index (χ1v) is 9.15. The number of halogens is 1. The van der Waals surface area contributed by atoms with Crippen LogP contribution in [0.2, 0.25) is 0 Å². The van der Waals surface area contributed by atoms with Gasteiger partial charge >= 0.3 is 0 Å². The van der Waals surface area contributed by atoms with Gasteiger partial charge in [-0.05, 0) is 42.0 Å². The van der Waals surface area contributed by atoms with Crippen LogP contribution in [0.1, 0.15) is 17.0 Å². The van der Waals surface area contributed by atoms with Crippen LogP contribution in [0, 0.1) is 5.82 Å². The lowest BCUT2D eigenvalue weighted by atomic mass is 10.1. The summed E-state index contributed by atoms with van der Waals surface area (Å²) in [6.45, 7) is 0.518. The maximum atomic E-state index is 13.2. The number of rotatable bonds is 3. The van der Waals surface area contributed by atoms with E-state index in [0.717, 1.165) is 5.56 Å². The third kappa shape index (κ3) is 3.08. The number of nitrogens with one attached hydrogen (secondary N) is 1. The lowest BCUT2D eigenvalue weighted by molar-refractivity contribution is -0.131. The summed E-state index contributed by atoms with van der Waals surface area (Å²) < 4.78 is 14.5. The highest BCUT2D eigenvalue weighted by Crippen LogP contribution is 2.23. The van der Waals surface area contributed by atoms with Crippen molar-refractivity contribution >= 4 is 11.6 Å². The van der Waals surface area contributed by atoms with E-state index < -0.39 is 0 Å². The van der Waals surface area contributed by atoms with Gasteiger partial charge in [-0.15, -0.1) is 0 Å². The van der Waals surface area contributed by atoms with Crippen LogP contribution in [-0.2, 0) is 24.3 Å². The normalized spacial score (nSPS) is 13.1. The lowest BCUT2D eigenvalue weighted by Gasteiger charge is -2.14. The number of carbonyl (C=O) groups excluding carboxylic acids is 1. The quantitative estimate of drug-likeness (QED) is 0.583. The molecule has 0 spiro atoms. The van der Waals surface area contributed by atoms with Gasteiger partial charge in [-0.3, -0.25) is 19.7 Å². The molecular formula is C21H16FN5O2. The van der Waals surface area contributed by atoms with Gasteiger partial charge in [-0.25, -0.2) is 13.9 Å². The molecule has 0 bridgehead atoms. The number of aromatic nitrogens is 4. The van der Waals surface area contributed by atoms with Crippen LogP contribution < -0.4 is 5.56 Å². The van der Waals surface area contributed by atoms with Crippen molar-refractivity contribution in [2.75, 3.05) is 0 Å². The third-order valence-corrected chi connectivity index (χ3v) is 5.05. The van der Waals surface area contributed by atoms with E-state index in [2.05, 4.69) is 15.1 Å². The molecule has 3 aromatic heterocycles. The molecule has 144 valence electrons. The van der Waals surface area contributed by atoms with E-state index in [1.54, 1.807) is 41.4 Å². The average molecular weight is 389 g/mol.